The maximum Gasteiger partial charge on any atom is 0.211 e. The molecule has 0 spiro atoms. The van der Waals surface area contributed by atoms with Crippen molar-refractivity contribution < 1.29 is 4.79 Å². The number of piperidine rings is 1. The Kier molecular flexibility index (Phi) is 3.52. The first-order valence-electron chi connectivity index (χ1n) is 6.74. The zero-order chi connectivity index (χ0) is 14.2. The van der Waals surface area contributed by atoms with Gasteiger partial charge < -0.3 is 10.6 Å². The zero-order valence-corrected chi connectivity index (χ0v) is 12.9. The van der Waals surface area contributed by atoms with Crippen LogP contribution in [0.2, 0.25) is 0 Å². The SMILES string of the molecule is CC1(n2nc3c(NC=O)cccc3c2Br)CCCNC1. The summed E-state index contributed by atoms with van der Waals surface area (Å²) in [6.07, 6.45) is 2.91. The third kappa shape index (κ3) is 2.13. The van der Waals surface area contributed by atoms with Gasteiger partial charge in [-0.3, -0.25) is 9.48 Å². The number of aromatic nitrogens is 2. The molecule has 0 radical (unpaired) electrons. The van der Waals surface area contributed by atoms with Crippen molar-refractivity contribution in [2.24, 2.45) is 0 Å². The lowest BCUT2D eigenvalue weighted by molar-refractivity contribution is -0.105. The predicted octanol–water partition coefficient (Wildman–Crippen LogP) is 2.47. The number of nitrogens with one attached hydrogen (secondary N) is 2. The summed E-state index contributed by atoms with van der Waals surface area (Å²) in [5, 5.41) is 11.9. The molecule has 2 aromatic rings. The van der Waals surface area contributed by atoms with Crippen molar-refractivity contribution in [3.05, 3.63) is 22.8 Å². The second-order valence-corrected chi connectivity index (χ2v) is 6.19. The van der Waals surface area contributed by atoms with Crippen molar-refractivity contribution in [1.82, 2.24) is 15.1 Å². The van der Waals surface area contributed by atoms with E-state index in [0.29, 0.717) is 6.41 Å². The highest BCUT2D eigenvalue weighted by Crippen LogP contribution is 2.35. The summed E-state index contributed by atoms with van der Waals surface area (Å²) in [6, 6.07) is 5.80. The summed E-state index contributed by atoms with van der Waals surface area (Å²) in [7, 11) is 0. The average molecular weight is 337 g/mol. The van der Waals surface area contributed by atoms with Gasteiger partial charge in [0.05, 0.1) is 11.2 Å². The lowest BCUT2D eigenvalue weighted by Crippen LogP contribution is -2.46. The standard InChI is InChI=1S/C14H17BrN4O/c1-14(6-3-7-16-8-14)19-13(15)10-4-2-5-11(17-9-20)12(10)18-19/h2,4-5,9,16H,3,6-8H2,1H3,(H,17,20). The van der Waals surface area contributed by atoms with E-state index >= 15 is 0 Å². The minimum atomic E-state index is -0.0471. The van der Waals surface area contributed by atoms with Crippen LogP contribution >= 0.6 is 15.9 Å². The predicted molar refractivity (Wildman–Crippen MR) is 82.9 cm³/mol. The van der Waals surface area contributed by atoms with Crippen LogP contribution in [-0.2, 0) is 10.3 Å². The highest BCUT2D eigenvalue weighted by atomic mass is 79.9. The van der Waals surface area contributed by atoms with E-state index in [1.165, 1.54) is 0 Å². The molecule has 0 bridgehead atoms. The Morgan fingerprint density at radius 1 is 1.55 bits per heavy atom. The number of carbonyl (C=O) groups is 1. The number of amides is 1. The molecule has 20 heavy (non-hydrogen) atoms. The monoisotopic (exact) mass is 336 g/mol. The molecule has 0 saturated carbocycles. The smallest absolute Gasteiger partial charge is 0.211 e. The average Bonchev–Trinajstić information content (AvgIpc) is 2.80. The Morgan fingerprint density at radius 2 is 2.40 bits per heavy atom. The number of hydrogen-bond donors (Lipinski definition) is 2. The maximum atomic E-state index is 10.7. The Bertz CT molecular complexity index is 646. The van der Waals surface area contributed by atoms with Crippen LogP contribution in [0, 0.1) is 0 Å². The van der Waals surface area contributed by atoms with Gasteiger partial charge in [-0.15, -0.1) is 0 Å². The van der Waals surface area contributed by atoms with Gasteiger partial charge in [0.25, 0.3) is 0 Å². The van der Waals surface area contributed by atoms with Crippen LogP contribution in [0.15, 0.2) is 22.8 Å². The van der Waals surface area contributed by atoms with Crippen LogP contribution in [-0.4, -0.2) is 29.3 Å². The van der Waals surface area contributed by atoms with E-state index < -0.39 is 0 Å². The summed E-state index contributed by atoms with van der Waals surface area (Å²) in [5.74, 6) is 0. The number of nitrogens with zero attached hydrogens (tertiary/aromatic N) is 2. The van der Waals surface area contributed by atoms with Gasteiger partial charge >= 0.3 is 0 Å². The molecule has 6 heteroatoms. The van der Waals surface area contributed by atoms with E-state index in [1.807, 2.05) is 22.9 Å². The third-order valence-corrected chi connectivity index (χ3v) is 4.71. The van der Waals surface area contributed by atoms with E-state index in [1.54, 1.807) is 0 Å². The summed E-state index contributed by atoms with van der Waals surface area (Å²) >= 11 is 3.66. The van der Waals surface area contributed by atoms with Crippen molar-refractivity contribution in [2.75, 3.05) is 18.4 Å². The normalized spacial score (nSPS) is 22.9. The summed E-state index contributed by atoms with van der Waals surface area (Å²) in [5.41, 5.74) is 1.51. The molecule has 1 aromatic heterocycles. The zero-order valence-electron chi connectivity index (χ0n) is 11.3. The van der Waals surface area contributed by atoms with E-state index in [-0.39, 0.29) is 5.54 Å². The first kappa shape index (κ1) is 13.6. The largest absolute Gasteiger partial charge is 0.327 e. The van der Waals surface area contributed by atoms with E-state index in [9.17, 15) is 4.79 Å². The number of carbonyl (C=O) groups excluding carboxylic acids is 1. The Hall–Kier alpha value is -1.40. The van der Waals surface area contributed by atoms with Gasteiger partial charge in [0, 0.05) is 11.9 Å². The highest BCUT2D eigenvalue weighted by Gasteiger charge is 2.32. The summed E-state index contributed by atoms with van der Waals surface area (Å²) in [6.45, 7) is 4.17. The quantitative estimate of drug-likeness (QED) is 0.846. The molecule has 1 aliphatic rings. The van der Waals surface area contributed by atoms with Crippen LogP contribution in [0.25, 0.3) is 10.9 Å². The number of anilines is 1. The fourth-order valence-corrected chi connectivity index (χ4v) is 3.66. The van der Waals surface area contributed by atoms with Gasteiger partial charge in [0.1, 0.15) is 10.1 Å². The summed E-state index contributed by atoms with van der Waals surface area (Å²) < 4.78 is 3.01. The van der Waals surface area contributed by atoms with Crippen molar-refractivity contribution >= 4 is 38.9 Å². The molecular formula is C14H17BrN4O. The lowest BCUT2D eigenvalue weighted by Gasteiger charge is -2.35. The Morgan fingerprint density at radius 3 is 3.10 bits per heavy atom. The van der Waals surface area contributed by atoms with Gasteiger partial charge in [-0.1, -0.05) is 6.07 Å². The molecular weight excluding hydrogens is 320 g/mol. The molecule has 2 heterocycles. The molecule has 0 aliphatic carbocycles. The summed E-state index contributed by atoms with van der Waals surface area (Å²) in [4.78, 5) is 10.7. The van der Waals surface area contributed by atoms with Crippen molar-refractivity contribution in [1.29, 1.82) is 0 Å². The molecule has 1 atom stereocenters. The van der Waals surface area contributed by atoms with Gasteiger partial charge in [-0.25, -0.2) is 0 Å². The molecule has 1 saturated heterocycles. The molecule has 1 aliphatic heterocycles. The first-order valence-corrected chi connectivity index (χ1v) is 7.54. The van der Waals surface area contributed by atoms with Gasteiger partial charge in [0.15, 0.2) is 0 Å². The first-order chi connectivity index (χ1) is 9.65. The molecule has 1 fully saturated rings. The van der Waals surface area contributed by atoms with Crippen LogP contribution in [0.5, 0.6) is 0 Å². The second kappa shape index (κ2) is 5.18. The lowest BCUT2D eigenvalue weighted by atomic mass is 9.93. The van der Waals surface area contributed by atoms with Crippen LogP contribution in [0.3, 0.4) is 0 Å². The third-order valence-electron chi connectivity index (χ3n) is 3.94. The highest BCUT2D eigenvalue weighted by molar-refractivity contribution is 9.10. The van der Waals surface area contributed by atoms with Crippen molar-refractivity contribution in [3.63, 3.8) is 0 Å². The van der Waals surface area contributed by atoms with Gasteiger partial charge in [0.2, 0.25) is 6.41 Å². The fourth-order valence-electron chi connectivity index (χ4n) is 2.83. The minimum absolute atomic E-state index is 0.0471. The topological polar surface area (TPSA) is 59.0 Å². The molecule has 5 nitrogen and oxygen atoms in total. The van der Waals surface area contributed by atoms with Gasteiger partial charge in [-0.05, 0) is 54.4 Å². The number of hydrogen-bond acceptors (Lipinski definition) is 3. The second-order valence-electron chi connectivity index (χ2n) is 5.44. The van der Waals surface area contributed by atoms with Crippen LogP contribution in [0.4, 0.5) is 5.69 Å². The van der Waals surface area contributed by atoms with E-state index in [4.69, 9.17) is 5.10 Å². The number of fused-ring (bicyclic) bond motifs is 1. The molecule has 1 unspecified atom stereocenters. The Labute approximate surface area is 125 Å². The number of rotatable bonds is 3. The van der Waals surface area contributed by atoms with E-state index in [2.05, 4.69) is 33.5 Å². The number of benzene rings is 1. The van der Waals surface area contributed by atoms with Crippen LogP contribution in [0.1, 0.15) is 19.8 Å². The number of halogens is 1. The molecule has 1 amide bonds. The molecule has 106 valence electrons. The Balaban J connectivity index is 2.14. The maximum absolute atomic E-state index is 10.7. The van der Waals surface area contributed by atoms with E-state index in [0.717, 1.165) is 47.1 Å². The van der Waals surface area contributed by atoms with Crippen molar-refractivity contribution in [2.45, 2.75) is 25.3 Å². The minimum Gasteiger partial charge on any atom is -0.327 e. The van der Waals surface area contributed by atoms with Crippen molar-refractivity contribution in [3.8, 4) is 0 Å². The molecule has 2 N–H and O–H groups in total. The van der Waals surface area contributed by atoms with Crippen LogP contribution < -0.4 is 10.6 Å². The fraction of sp³-hybridized carbons (Fsp3) is 0.429. The molecule has 3 rings (SSSR count). The molecule has 1 aromatic carbocycles. The van der Waals surface area contributed by atoms with Gasteiger partial charge in [-0.2, -0.15) is 5.10 Å².